The maximum atomic E-state index is 13.5. The Morgan fingerprint density at radius 2 is 2.17 bits per heavy atom. The largest absolute Gasteiger partial charge is 0.478 e. The van der Waals surface area contributed by atoms with E-state index in [1.54, 1.807) is 19.1 Å². The molecule has 0 radical (unpaired) electrons. The monoisotopic (exact) mass is 340 g/mol. The van der Waals surface area contributed by atoms with E-state index in [0.717, 1.165) is 11.8 Å². The van der Waals surface area contributed by atoms with Crippen LogP contribution in [0.15, 0.2) is 33.9 Å². The van der Waals surface area contributed by atoms with Gasteiger partial charge in [0.1, 0.15) is 0 Å². The molecule has 0 aliphatic rings. The number of amides is 3. The first-order chi connectivity index (χ1) is 11.0. The number of rotatable bonds is 6. The van der Waals surface area contributed by atoms with Crippen molar-refractivity contribution in [1.82, 2.24) is 15.5 Å². The fourth-order valence-electron chi connectivity index (χ4n) is 1.52. The van der Waals surface area contributed by atoms with E-state index in [9.17, 15) is 14.0 Å². The second-order valence-electron chi connectivity index (χ2n) is 4.30. The number of halogens is 1. The number of imide groups is 1. The highest BCUT2D eigenvalue weighted by molar-refractivity contribution is 7.99. The lowest BCUT2D eigenvalue weighted by Crippen LogP contribution is -2.36. The van der Waals surface area contributed by atoms with Crippen LogP contribution in [0.5, 0.6) is 5.75 Å². The Kier molecular flexibility index (Phi) is 5.52. The smallest absolute Gasteiger partial charge is 0.318 e. The molecule has 0 saturated carbocycles. The Hall–Kier alpha value is -2.62. The fraction of sp³-hybridized carbons (Fsp3) is 0.231. The molecular weight excluding hydrogens is 327 g/mol. The van der Waals surface area contributed by atoms with Gasteiger partial charge in [0.05, 0.1) is 5.75 Å². The minimum Gasteiger partial charge on any atom is -0.478 e. The lowest BCUT2D eigenvalue weighted by atomic mass is 10.3. The summed E-state index contributed by atoms with van der Waals surface area (Å²) in [4.78, 5) is 21.8. The quantitative estimate of drug-likeness (QED) is 0.767. The van der Waals surface area contributed by atoms with E-state index in [2.05, 4.69) is 10.2 Å². The Morgan fingerprint density at radius 1 is 1.43 bits per heavy atom. The van der Waals surface area contributed by atoms with Gasteiger partial charge in [0.15, 0.2) is 17.7 Å². The molecule has 1 aromatic carbocycles. The van der Waals surface area contributed by atoms with Gasteiger partial charge in [0, 0.05) is 0 Å². The first-order valence-electron chi connectivity index (χ1n) is 6.42. The predicted molar refractivity (Wildman–Crippen MR) is 78.2 cm³/mol. The summed E-state index contributed by atoms with van der Waals surface area (Å²) >= 11 is 0.928. The molecule has 0 unspecified atom stereocenters. The number of aromatic nitrogens is 2. The molecule has 0 aliphatic carbocycles. The first kappa shape index (κ1) is 16.7. The number of hydrogen-bond donors (Lipinski definition) is 2. The van der Waals surface area contributed by atoms with Crippen molar-refractivity contribution >= 4 is 23.7 Å². The third-order valence-electron chi connectivity index (χ3n) is 2.50. The van der Waals surface area contributed by atoms with Crippen LogP contribution in [0.2, 0.25) is 0 Å². The van der Waals surface area contributed by atoms with Crippen molar-refractivity contribution in [3.05, 3.63) is 36.0 Å². The van der Waals surface area contributed by atoms with Crippen molar-refractivity contribution in [2.45, 2.75) is 18.3 Å². The highest BCUT2D eigenvalue weighted by Gasteiger charge is 2.18. The van der Waals surface area contributed by atoms with Crippen LogP contribution in [0.4, 0.5) is 9.18 Å². The summed E-state index contributed by atoms with van der Waals surface area (Å²) < 4.78 is 24.2. The van der Waals surface area contributed by atoms with E-state index in [-0.39, 0.29) is 22.6 Å². The Bertz CT molecular complexity index is 709. The third-order valence-corrected chi connectivity index (χ3v) is 3.32. The van der Waals surface area contributed by atoms with Crippen molar-refractivity contribution in [3.8, 4) is 5.75 Å². The molecule has 0 bridgehead atoms. The zero-order valence-electron chi connectivity index (χ0n) is 12.0. The van der Waals surface area contributed by atoms with Crippen LogP contribution in [0.3, 0.4) is 0 Å². The van der Waals surface area contributed by atoms with Gasteiger partial charge in [0.25, 0.3) is 11.1 Å². The molecule has 0 saturated heterocycles. The van der Waals surface area contributed by atoms with Gasteiger partial charge in [-0.05, 0) is 19.1 Å². The molecule has 3 amide bonds. The van der Waals surface area contributed by atoms with Crippen molar-refractivity contribution in [2.24, 2.45) is 5.73 Å². The van der Waals surface area contributed by atoms with E-state index < -0.39 is 23.9 Å². The van der Waals surface area contributed by atoms with Gasteiger partial charge in [-0.2, -0.15) is 0 Å². The lowest BCUT2D eigenvalue weighted by Gasteiger charge is -2.11. The van der Waals surface area contributed by atoms with Gasteiger partial charge in [-0.15, -0.1) is 10.2 Å². The number of benzene rings is 1. The summed E-state index contributed by atoms with van der Waals surface area (Å²) in [6.45, 7) is 1.62. The number of nitrogens with one attached hydrogen (secondary N) is 1. The summed E-state index contributed by atoms with van der Waals surface area (Å²) in [6, 6.07) is 5.00. The second-order valence-corrected chi connectivity index (χ2v) is 5.22. The molecule has 2 aromatic rings. The SMILES string of the molecule is C[C@@H](Oc1ccccc1F)c1nnc(SCC(=O)NC(N)=O)o1. The summed E-state index contributed by atoms with van der Waals surface area (Å²) in [5, 5.41) is 9.52. The highest BCUT2D eigenvalue weighted by Crippen LogP contribution is 2.25. The topological polar surface area (TPSA) is 120 Å². The number of hydrogen-bond acceptors (Lipinski definition) is 7. The first-order valence-corrected chi connectivity index (χ1v) is 7.41. The van der Waals surface area contributed by atoms with Gasteiger partial charge in [-0.25, -0.2) is 9.18 Å². The van der Waals surface area contributed by atoms with E-state index >= 15 is 0 Å². The van der Waals surface area contributed by atoms with Crippen molar-refractivity contribution in [1.29, 1.82) is 0 Å². The Labute approximate surface area is 134 Å². The molecule has 0 spiro atoms. The number of para-hydroxylation sites is 1. The van der Waals surface area contributed by atoms with Crippen LogP contribution in [0.25, 0.3) is 0 Å². The summed E-state index contributed by atoms with van der Waals surface area (Å²) in [6.07, 6.45) is -0.673. The minimum atomic E-state index is -0.936. The molecule has 3 N–H and O–H groups in total. The average molecular weight is 340 g/mol. The lowest BCUT2D eigenvalue weighted by molar-refractivity contribution is -0.117. The fourth-order valence-corrected chi connectivity index (χ4v) is 2.09. The third kappa shape index (κ3) is 4.95. The molecule has 8 nitrogen and oxygen atoms in total. The van der Waals surface area contributed by atoms with Crippen molar-refractivity contribution < 1.29 is 23.1 Å². The predicted octanol–water partition coefficient (Wildman–Crippen LogP) is 1.64. The van der Waals surface area contributed by atoms with Crippen LogP contribution in [0, 0.1) is 5.82 Å². The molecule has 1 heterocycles. The molecular formula is C13H13FN4O4S. The Balaban J connectivity index is 1.92. The number of nitrogens with two attached hydrogens (primary N) is 1. The minimum absolute atomic E-state index is 0.0632. The molecule has 1 aromatic heterocycles. The van der Waals surface area contributed by atoms with Crippen molar-refractivity contribution in [2.75, 3.05) is 5.75 Å². The summed E-state index contributed by atoms with van der Waals surface area (Å²) in [7, 11) is 0. The molecule has 23 heavy (non-hydrogen) atoms. The van der Waals surface area contributed by atoms with Crippen molar-refractivity contribution in [3.63, 3.8) is 0 Å². The zero-order chi connectivity index (χ0) is 16.8. The van der Waals surface area contributed by atoms with Gasteiger partial charge in [-0.3, -0.25) is 10.1 Å². The van der Waals surface area contributed by atoms with E-state index in [1.165, 1.54) is 12.1 Å². The molecule has 122 valence electrons. The Morgan fingerprint density at radius 3 is 2.87 bits per heavy atom. The summed E-state index contributed by atoms with van der Waals surface area (Å²) in [5.74, 6) is -1.01. The molecule has 10 heteroatoms. The van der Waals surface area contributed by atoms with E-state index in [4.69, 9.17) is 14.9 Å². The molecule has 0 fully saturated rings. The maximum Gasteiger partial charge on any atom is 0.318 e. The number of ether oxygens (including phenoxy) is 1. The number of thioether (sulfide) groups is 1. The standard InChI is InChI=1S/C13H13FN4O4S/c1-7(21-9-5-3-2-4-8(9)14)11-17-18-13(22-11)23-6-10(19)16-12(15)20/h2-5,7H,6H2,1H3,(H3,15,16,19,20)/t7-/m1/s1. The van der Waals surface area contributed by atoms with Crippen LogP contribution in [-0.4, -0.2) is 27.9 Å². The maximum absolute atomic E-state index is 13.5. The average Bonchev–Trinajstić information content (AvgIpc) is 2.96. The van der Waals surface area contributed by atoms with Gasteiger partial charge in [0.2, 0.25) is 5.91 Å². The van der Waals surface area contributed by atoms with E-state index in [0.29, 0.717) is 0 Å². The molecule has 1 atom stereocenters. The number of primary amides is 1. The molecule has 2 rings (SSSR count). The van der Waals surface area contributed by atoms with Gasteiger partial charge in [-0.1, -0.05) is 23.9 Å². The normalized spacial score (nSPS) is 11.7. The number of carbonyl (C=O) groups excluding carboxylic acids is 2. The second kappa shape index (κ2) is 7.58. The number of urea groups is 1. The van der Waals surface area contributed by atoms with Crippen LogP contribution in [0.1, 0.15) is 18.9 Å². The van der Waals surface area contributed by atoms with E-state index in [1.807, 2.05) is 5.32 Å². The van der Waals surface area contributed by atoms with Gasteiger partial charge >= 0.3 is 6.03 Å². The molecule has 0 aliphatic heterocycles. The van der Waals surface area contributed by atoms with Crippen LogP contribution >= 0.6 is 11.8 Å². The van der Waals surface area contributed by atoms with Gasteiger partial charge < -0.3 is 14.9 Å². The van der Waals surface area contributed by atoms with Crippen LogP contribution < -0.4 is 15.8 Å². The number of nitrogens with zero attached hydrogens (tertiary/aromatic N) is 2. The van der Waals surface area contributed by atoms with Crippen LogP contribution in [-0.2, 0) is 4.79 Å². The number of carbonyl (C=O) groups is 2. The highest BCUT2D eigenvalue weighted by atomic mass is 32.2. The summed E-state index contributed by atoms with van der Waals surface area (Å²) in [5.41, 5.74) is 4.81. The zero-order valence-corrected chi connectivity index (χ0v) is 12.8.